The number of ether oxygens (including phenoxy) is 1. The number of hydrogen-bond acceptors (Lipinski definition) is 4. The van der Waals surface area contributed by atoms with Crippen LogP contribution in [0, 0.1) is 11.8 Å². The van der Waals surface area contributed by atoms with Crippen molar-refractivity contribution >= 4 is 18.3 Å². The molecular weight excluding hydrogens is 386 g/mol. The molecule has 3 rings (SSSR count). The average molecular weight is 424 g/mol. The van der Waals surface area contributed by atoms with Gasteiger partial charge in [-0.3, -0.25) is 4.79 Å². The highest BCUT2D eigenvalue weighted by Crippen LogP contribution is 2.27. The molecule has 0 spiro atoms. The van der Waals surface area contributed by atoms with E-state index in [9.17, 15) is 4.79 Å². The molecule has 3 atom stereocenters. The van der Waals surface area contributed by atoms with E-state index in [2.05, 4.69) is 17.1 Å². The van der Waals surface area contributed by atoms with Crippen molar-refractivity contribution < 1.29 is 9.53 Å². The molecule has 0 bridgehead atoms. The van der Waals surface area contributed by atoms with Crippen LogP contribution in [0.1, 0.15) is 61.4 Å². The Morgan fingerprint density at radius 3 is 2.66 bits per heavy atom. The third-order valence-electron chi connectivity index (χ3n) is 6.33. The van der Waals surface area contributed by atoms with Crippen LogP contribution in [-0.2, 0) is 11.3 Å². The van der Waals surface area contributed by atoms with E-state index in [1.165, 1.54) is 38.6 Å². The lowest BCUT2D eigenvalue weighted by Crippen LogP contribution is -2.48. The first-order valence-corrected chi connectivity index (χ1v) is 11.1. The number of nitrogens with zero attached hydrogens (tertiary/aromatic N) is 1. The highest BCUT2D eigenvalue weighted by Gasteiger charge is 2.30. The maximum atomic E-state index is 12.7. The molecule has 1 saturated heterocycles. The fourth-order valence-corrected chi connectivity index (χ4v) is 4.73. The second-order valence-electron chi connectivity index (χ2n) is 8.45. The number of nitrogens with two attached hydrogens (primary N) is 1. The number of amides is 1. The summed E-state index contributed by atoms with van der Waals surface area (Å²) in [5, 5.41) is 3.34. The minimum Gasteiger partial charge on any atom is -0.381 e. The Kier molecular flexibility index (Phi) is 10.4. The lowest BCUT2D eigenvalue weighted by Gasteiger charge is -2.39. The van der Waals surface area contributed by atoms with Crippen molar-refractivity contribution in [3.63, 3.8) is 0 Å². The number of carbonyl (C=O) groups is 1. The van der Waals surface area contributed by atoms with Crippen molar-refractivity contribution in [3.05, 3.63) is 35.4 Å². The number of benzene rings is 1. The van der Waals surface area contributed by atoms with Crippen LogP contribution >= 0.6 is 12.4 Å². The molecule has 1 heterocycles. The van der Waals surface area contributed by atoms with E-state index < -0.39 is 0 Å². The molecule has 1 aliphatic carbocycles. The Morgan fingerprint density at radius 1 is 1.17 bits per heavy atom. The predicted octanol–water partition coefficient (Wildman–Crippen LogP) is 3.60. The molecule has 29 heavy (non-hydrogen) atoms. The van der Waals surface area contributed by atoms with Crippen molar-refractivity contribution in [1.29, 1.82) is 0 Å². The van der Waals surface area contributed by atoms with Crippen LogP contribution in [0.5, 0.6) is 0 Å². The first-order valence-electron chi connectivity index (χ1n) is 11.1. The van der Waals surface area contributed by atoms with Crippen LogP contribution in [0.3, 0.4) is 0 Å². The van der Waals surface area contributed by atoms with Gasteiger partial charge in [-0.15, -0.1) is 12.4 Å². The molecule has 2 aliphatic rings. The summed E-state index contributed by atoms with van der Waals surface area (Å²) in [6, 6.07) is 7.94. The zero-order valence-electron chi connectivity index (χ0n) is 17.8. The molecule has 0 radical (unpaired) electrons. The maximum absolute atomic E-state index is 12.7. The van der Waals surface area contributed by atoms with Gasteiger partial charge < -0.3 is 20.7 Å². The summed E-state index contributed by atoms with van der Waals surface area (Å²) >= 11 is 0. The Labute approximate surface area is 182 Å². The number of rotatable bonds is 8. The van der Waals surface area contributed by atoms with Crippen LogP contribution in [0.4, 0.5) is 0 Å². The van der Waals surface area contributed by atoms with Gasteiger partial charge in [-0.1, -0.05) is 25.0 Å². The van der Waals surface area contributed by atoms with E-state index in [1.54, 1.807) is 0 Å². The molecule has 2 fully saturated rings. The first kappa shape index (κ1) is 24.1. The van der Waals surface area contributed by atoms with Gasteiger partial charge in [0.15, 0.2) is 0 Å². The van der Waals surface area contributed by atoms with Crippen molar-refractivity contribution in [2.24, 2.45) is 17.6 Å². The van der Waals surface area contributed by atoms with Crippen molar-refractivity contribution in [3.8, 4) is 0 Å². The maximum Gasteiger partial charge on any atom is 0.251 e. The second kappa shape index (κ2) is 12.5. The van der Waals surface area contributed by atoms with Gasteiger partial charge >= 0.3 is 0 Å². The van der Waals surface area contributed by atoms with Crippen molar-refractivity contribution in [2.75, 3.05) is 32.8 Å². The molecule has 1 aromatic carbocycles. The molecule has 1 saturated carbocycles. The normalized spacial score (nSPS) is 25.2. The molecular formula is C23H38ClN3O2. The summed E-state index contributed by atoms with van der Waals surface area (Å²) in [5.74, 6) is 1.26. The summed E-state index contributed by atoms with van der Waals surface area (Å²) in [6.45, 7) is 7.68. The largest absolute Gasteiger partial charge is 0.381 e. The van der Waals surface area contributed by atoms with E-state index in [1.807, 2.05) is 24.3 Å². The Hall–Kier alpha value is -1.14. The number of halogens is 1. The summed E-state index contributed by atoms with van der Waals surface area (Å²) < 4.78 is 5.66. The zero-order chi connectivity index (χ0) is 19.8. The standard InChI is InChI=1S/C23H37N3O2.ClH/c1-2-28-17-19-6-5-13-26(15-19)16-21-7-3-4-8-22(21)25-23(27)20-11-9-18(14-24)10-12-20;/h9-12,19,21-22H,2-8,13-17,24H2,1H3,(H,25,27);1H. The zero-order valence-corrected chi connectivity index (χ0v) is 18.6. The van der Waals surface area contributed by atoms with Crippen LogP contribution in [0.2, 0.25) is 0 Å². The monoisotopic (exact) mass is 423 g/mol. The summed E-state index contributed by atoms with van der Waals surface area (Å²) in [6.07, 6.45) is 7.32. The number of likely N-dealkylation sites (tertiary alicyclic amines) is 1. The van der Waals surface area contributed by atoms with Gasteiger partial charge in [0.25, 0.3) is 5.91 Å². The third kappa shape index (κ3) is 7.25. The van der Waals surface area contributed by atoms with E-state index >= 15 is 0 Å². The molecule has 5 nitrogen and oxygen atoms in total. The Morgan fingerprint density at radius 2 is 1.93 bits per heavy atom. The molecule has 6 heteroatoms. The summed E-state index contributed by atoms with van der Waals surface area (Å²) in [4.78, 5) is 15.4. The molecule has 3 N–H and O–H groups in total. The number of hydrogen-bond donors (Lipinski definition) is 2. The molecule has 3 unspecified atom stereocenters. The Balaban J connectivity index is 0.00000300. The van der Waals surface area contributed by atoms with E-state index in [-0.39, 0.29) is 24.4 Å². The van der Waals surface area contributed by atoms with Crippen LogP contribution in [0.25, 0.3) is 0 Å². The van der Waals surface area contributed by atoms with Gasteiger partial charge in [-0.25, -0.2) is 0 Å². The lowest BCUT2D eigenvalue weighted by atomic mass is 9.83. The van der Waals surface area contributed by atoms with Crippen LogP contribution < -0.4 is 11.1 Å². The second-order valence-corrected chi connectivity index (χ2v) is 8.45. The summed E-state index contributed by atoms with van der Waals surface area (Å²) in [5.41, 5.74) is 7.44. The van der Waals surface area contributed by atoms with Gasteiger partial charge in [-0.2, -0.15) is 0 Å². The average Bonchev–Trinajstić information content (AvgIpc) is 2.74. The molecule has 1 amide bonds. The number of nitrogens with one attached hydrogen (secondary N) is 1. The number of piperidine rings is 1. The van der Waals surface area contributed by atoms with Gasteiger partial charge in [0.1, 0.15) is 0 Å². The predicted molar refractivity (Wildman–Crippen MR) is 120 cm³/mol. The molecule has 1 aliphatic heterocycles. The smallest absolute Gasteiger partial charge is 0.251 e. The van der Waals surface area contributed by atoms with Gasteiger partial charge in [0, 0.05) is 37.8 Å². The quantitative estimate of drug-likeness (QED) is 0.670. The van der Waals surface area contributed by atoms with E-state index in [0.717, 1.165) is 43.9 Å². The van der Waals surface area contributed by atoms with E-state index in [0.29, 0.717) is 18.4 Å². The van der Waals surface area contributed by atoms with Gasteiger partial charge in [0.2, 0.25) is 0 Å². The van der Waals surface area contributed by atoms with Gasteiger partial charge in [-0.05, 0) is 68.7 Å². The summed E-state index contributed by atoms with van der Waals surface area (Å²) in [7, 11) is 0. The Bertz CT molecular complexity index is 611. The van der Waals surface area contributed by atoms with Crippen molar-refractivity contribution in [1.82, 2.24) is 10.2 Å². The molecule has 0 aromatic heterocycles. The topological polar surface area (TPSA) is 67.6 Å². The highest BCUT2D eigenvalue weighted by molar-refractivity contribution is 5.94. The van der Waals surface area contributed by atoms with E-state index in [4.69, 9.17) is 10.5 Å². The van der Waals surface area contributed by atoms with Crippen LogP contribution in [-0.4, -0.2) is 49.7 Å². The SMILES string of the molecule is CCOCC1CCCN(CC2CCCCC2NC(=O)c2ccc(CN)cc2)C1.Cl. The van der Waals surface area contributed by atoms with Gasteiger partial charge in [0.05, 0.1) is 6.61 Å². The molecule has 164 valence electrons. The highest BCUT2D eigenvalue weighted by atomic mass is 35.5. The third-order valence-corrected chi connectivity index (χ3v) is 6.33. The fourth-order valence-electron chi connectivity index (χ4n) is 4.73. The number of carbonyl (C=O) groups excluding carboxylic acids is 1. The fraction of sp³-hybridized carbons (Fsp3) is 0.696. The lowest BCUT2D eigenvalue weighted by molar-refractivity contribution is 0.0548. The minimum atomic E-state index is 0. The minimum absolute atomic E-state index is 0. The van der Waals surface area contributed by atoms with Crippen LogP contribution in [0.15, 0.2) is 24.3 Å². The molecule has 1 aromatic rings. The van der Waals surface area contributed by atoms with Crippen molar-refractivity contribution in [2.45, 2.75) is 58.0 Å². The first-order chi connectivity index (χ1) is 13.7.